The summed E-state index contributed by atoms with van der Waals surface area (Å²) in [5.41, 5.74) is 21.0. The first-order chi connectivity index (χ1) is 14.9. The highest BCUT2D eigenvalue weighted by Crippen LogP contribution is 2.25. The van der Waals surface area contributed by atoms with E-state index in [1.54, 1.807) is 42.7 Å². The number of benzene rings is 1. The van der Waals surface area contributed by atoms with Gasteiger partial charge in [0.15, 0.2) is 0 Å². The highest BCUT2D eigenvalue weighted by atomic mass is 16.5. The number of aliphatic imine (C=N–C) groups is 1. The predicted octanol–water partition coefficient (Wildman–Crippen LogP) is 3.19. The SMILES string of the molecule is C=C(CC)c1cc(C(N)=NC(=O)c2ccc(OCc3cccnc3)cc2)c(N)nc1N. The molecule has 8 heteroatoms. The van der Waals surface area contributed by atoms with Crippen LogP contribution in [0, 0.1) is 0 Å². The molecule has 0 aliphatic heterocycles. The minimum Gasteiger partial charge on any atom is -0.489 e. The molecule has 3 aromatic rings. The van der Waals surface area contributed by atoms with E-state index in [1.807, 2.05) is 19.1 Å². The van der Waals surface area contributed by atoms with Crippen molar-refractivity contribution in [3.63, 3.8) is 0 Å². The Bertz CT molecular complexity index is 1120. The maximum Gasteiger partial charge on any atom is 0.278 e. The summed E-state index contributed by atoms with van der Waals surface area (Å²) in [4.78, 5) is 24.7. The number of hydrogen-bond donors (Lipinski definition) is 3. The molecule has 158 valence electrons. The van der Waals surface area contributed by atoms with Crippen molar-refractivity contribution in [1.29, 1.82) is 0 Å². The van der Waals surface area contributed by atoms with Crippen LogP contribution in [0.3, 0.4) is 0 Å². The maximum absolute atomic E-state index is 12.6. The average molecular weight is 416 g/mol. The van der Waals surface area contributed by atoms with Crippen LogP contribution in [0.5, 0.6) is 5.75 Å². The number of nitrogen functional groups attached to an aromatic ring is 2. The summed E-state index contributed by atoms with van der Waals surface area (Å²) < 4.78 is 5.69. The Hall–Kier alpha value is -4.20. The zero-order chi connectivity index (χ0) is 22.4. The second kappa shape index (κ2) is 9.53. The highest BCUT2D eigenvalue weighted by Gasteiger charge is 2.14. The van der Waals surface area contributed by atoms with Gasteiger partial charge in [0.05, 0.1) is 5.56 Å². The van der Waals surface area contributed by atoms with Crippen LogP contribution in [0.4, 0.5) is 11.6 Å². The molecule has 0 saturated carbocycles. The molecule has 6 N–H and O–H groups in total. The maximum atomic E-state index is 12.6. The number of nitrogens with zero attached hydrogens (tertiary/aromatic N) is 3. The van der Waals surface area contributed by atoms with Gasteiger partial charge in [0, 0.05) is 29.1 Å². The highest BCUT2D eigenvalue weighted by molar-refractivity contribution is 6.11. The van der Waals surface area contributed by atoms with Crippen molar-refractivity contribution >= 4 is 29.0 Å². The van der Waals surface area contributed by atoms with Crippen LogP contribution in [-0.2, 0) is 6.61 Å². The van der Waals surface area contributed by atoms with Crippen molar-refractivity contribution in [2.45, 2.75) is 20.0 Å². The van der Waals surface area contributed by atoms with Crippen LogP contribution in [0.2, 0.25) is 0 Å². The zero-order valence-electron chi connectivity index (χ0n) is 17.2. The Morgan fingerprint density at radius 1 is 1.13 bits per heavy atom. The molecule has 1 aromatic carbocycles. The van der Waals surface area contributed by atoms with Gasteiger partial charge in [-0.3, -0.25) is 9.78 Å². The Morgan fingerprint density at radius 2 is 1.84 bits per heavy atom. The van der Waals surface area contributed by atoms with Gasteiger partial charge in [-0.05, 0) is 48.4 Å². The number of pyridine rings is 2. The number of allylic oxidation sites excluding steroid dienone is 1. The number of nitrogens with two attached hydrogens (primary N) is 3. The lowest BCUT2D eigenvalue weighted by Crippen LogP contribution is -2.19. The van der Waals surface area contributed by atoms with Crippen molar-refractivity contribution < 1.29 is 9.53 Å². The van der Waals surface area contributed by atoms with Gasteiger partial charge >= 0.3 is 0 Å². The monoisotopic (exact) mass is 416 g/mol. The van der Waals surface area contributed by atoms with E-state index in [9.17, 15) is 4.79 Å². The summed E-state index contributed by atoms with van der Waals surface area (Å²) in [6, 6.07) is 12.0. The van der Waals surface area contributed by atoms with Crippen molar-refractivity contribution in [2.24, 2.45) is 10.7 Å². The third kappa shape index (κ3) is 5.24. The van der Waals surface area contributed by atoms with Crippen molar-refractivity contribution in [1.82, 2.24) is 9.97 Å². The molecular weight excluding hydrogens is 392 g/mol. The van der Waals surface area contributed by atoms with Crippen LogP contribution in [0.25, 0.3) is 5.57 Å². The summed E-state index contributed by atoms with van der Waals surface area (Å²) in [5, 5.41) is 0. The summed E-state index contributed by atoms with van der Waals surface area (Å²) in [5.74, 6) is 0.417. The number of carbonyl (C=O) groups excluding carboxylic acids is 1. The number of amides is 1. The lowest BCUT2D eigenvalue weighted by Gasteiger charge is -2.11. The predicted molar refractivity (Wildman–Crippen MR) is 122 cm³/mol. The van der Waals surface area contributed by atoms with Crippen LogP contribution in [-0.4, -0.2) is 21.7 Å². The number of carbonyl (C=O) groups is 1. The largest absolute Gasteiger partial charge is 0.489 e. The third-order valence-corrected chi connectivity index (χ3v) is 4.62. The number of anilines is 2. The van der Waals surface area contributed by atoms with Gasteiger partial charge in [0.1, 0.15) is 29.8 Å². The smallest absolute Gasteiger partial charge is 0.278 e. The standard InChI is InChI=1S/C23H24N6O2/c1-3-14(2)18-11-19(21(25)28-20(18)24)22(26)29-23(30)16-6-8-17(9-7-16)31-13-15-5-4-10-27-12-15/h4-12H,2-3,13H2,1H3,(H4,24,25,28)(H2,26,29,30). The van der Waals surface area contributed by atoms with Gasteiger partial charge in [-0.1, -0.05) is 19.6 Å². The van der Waals surface area contributed by atoms with Gasteiger partial charge in [-0.15, -0.1) is 0 Å². The van der Waals surface area contributed by atoms with Crippen LogP contribution in [0.1, 0.15) is 40.4 Å². The fourth-order valence-corrected chi connectivity index (χ4v) is 2.80. The third-order valence-electron chi connectivity index (χ3n) is 4.62. The second-order valence-corrected chi connectivity index (χ2v) is 6.79. The number of rotatable bonds is 7. The Balaban J connectivity index is 1.75. The lowest BCUT2D eigenvalue weighted by atomic mass is 10.0. The molecule has 2 heterocycles. The molecule has 0 fully saturated rings. The number of aromatic nitrogens is 2. The molecule has 0 radical (unpaired) electrons. The fraction of sp³-hybridized carbons (Fsp3) is 0.130. The summed E-state index contributed by atoms with van der Waals surface area (Å²) >= 11 is 0. The molecule has 0 saturated heterocycles. The molecule has 1 amide bonds. The van der Waals surface area contributed by atoms with Crippen LogP contribution < -0.4 is 21.9 Å². The van der Waals surface area contributed by atoms with E-state index in [0.29, 0.717) is 35.5 Å². The summed E-state index contributed by atoms with van der Waals surface area (Å²) in [6.45, 7) is 6.29. The van der Waals surface area contributed by atoms with Gasteiger partial charge in [-0.25, -0.2) is 4.98 Å². The van der Waals surface area contributed by atoms with E-state index in [-0.39, 0.29) is 17.5 Å². The second-order valence-electron chi connectivity index (χ2n) is 6.79. The first-order valence-electron chi connectivity index (χ1n) is 9.63. The molecule has 0 atom stereocenters. The summed E-state index contributed by atoms with van der Waals surface area (Å²) in [7, 11) is 0. The van der Waals surface area contributed by atoms with Gasteiger partial charge < -0.3 is 21.9 Å². The molecule has 0 aliphatic carbocycles. The van der Waals surface area contributed by atoms with Crippen molar-refractivity contribution in [3.05, 3.63) is 83.7 Å². The van der Waals surface area contributed by atoms with E-state index in [1.165, 1.54) is 0 Å². The van der Waals surface area contributed by atoms with E-state index < -0.39 is 5.91 Å². The van der Waals surface area contributed by atoms with E-state index in [4.69, 9.17) is 21.9 Å². The van der Waals surface area contributed by atoms with Crippen LogP contribution in [0.15, 0.2) is 66.4 Å². The van der Waals surface area contributed by atoms with E-state index in [2.05, 4.69) is 21.5 Å². The molecular formula is C23H24N6O2. The van der Waals surface area contributed by atoms with Gasteiger partial charge in [0.2, 0.25) is 0 Å². The first-order valence-corrected chi connectivity index (χ1v) is 9.63. The molecule has 0 unspecified atom stereocenters. The Kier molecular flexibility index (Phi) is 6.61. The molecule has 8 nitrogen and oxygen atoms in total. The molecule has 0 bridgehead atoms. The minimum atomic E-state index is -0.511. The number of hydrogen-bond acceptors (Lipinski definition) is 6. The van der Waals surface area contributed by atoms with Gasteiger partial charge in [0.25, 0.3) is 5.91 Å². The average Bonchev–Trinajstić information content (AvgIpc) is 2.78. The van der Waals surface area contributed by atoms with Crippen molar-refractivity contribution in [3.8, 4) is 5.75 Å². The van der Waals surface area contributed by atoms with E-state index in [0.717, 1.165) is 11.1 Å². The van der Waals surface area contributed by atoms with E-state index >= 15 is 0 Å². The number of ether oxygens (including phenoxy) is 1. The fourth-order valence-electron chi connectivity index (χ4n) is 2.80. The zero-order valence-corrected chi connectivity index (χ0v) is 17.2. The molecule has 0 aliphatic rings. The molecule has 3 rings (SSSR count). The summed E-state index contributed by atoms with van der Waals surface area (Å²) in [6.07, 6.45) is 4.11. The molecule has 2 aromatic heterocycles. The first kappa shape index (κ1) is 21.5. The Morgan fingerprint density at radius 3 is 2.48 bits per heavy atom. The van der Waals surface area contributed by atoms with Crippen molar-refractivity contribution in [2.75, 3.05) is 11.5 Å². The topological polar surface area (TPSA) is 142 Å². The molecule has 0 spiro atoms. The number of amidine groups is 1. The Labute approximate surface area is 180 Å². The van der Waals surface area contributed by atoms with Crippen LogP contribution >= 0.6 is 0 Å². The lowest BCUT2D eigenvalue weighted by molar-refractivity contribution is 0.100. The molecule has 31 heavy (non-hydrogen) atoms. The minimum absolute atomic E-state index is 0.0444. The van der Waals surface area contributed by atoms with Gasteiger partial charge in [-0.2, -0.15) is 4.99 Å². The quantitative estimate of drug-likeness (QED) is 0.396. The normalized spacial score (nSPS) is 11.2.